The largest absolute Gasteiger partial charge is 0.329 e. The Hall–Kier alpha value is -1.94. The van der Waals surface area contributed by atoms with Crippen molar-refractivity contribution in [1.29, 1.82) is 0 Å². The number of hydrogen-bond donors (Lipinski definition) is 1. The third-order valence-electron chi connectivity index (χ3n) is 3.42. The number of imidazole rings is 1. The summed E-state index contributed by atoms with van der Waals surface area (Å²) in [7, 11) is 0. The summed E-state index contributed by atoms with van der Waals surface area (Å²) >= 11 is 5.42. The summed E-state index contributed by atoms with van der Waals surface area (Å²) in [5.41, 5.74) is 4.37. The molecule has 4 heteroatoms. The lowest BCUT2D eigenvalue weighted by atomic mass is 10.1. The second-order valence-corrected chi connectivity index (χ2v) is 5.15. The highest BCUT2D eigenvalue weighted by molar-refractivity contribution is 7.71. The minimum atomic E-state index is 0.164. The van der Waals surface area contributed by atoms with Gasteiger partial charge in [0.15, 0.2) is 10.4 Å². The average Bonchev–Trinajstić information content (AvgIpc) is 2.74. The van der Waals surface area contributed by atoms with Gasteiger partial charge in [0.1, 0.15) is 0 Å². The van der Waals surface area contributed by atoms with Crippen molar-refractivity contribution in [3.63, 3.8) is 0 Å². The van der Waals surface area contributed by atoms with Crippen molar-refractivity contribution in [2.75, 3.05) is 0 Å². The molecule has 0 aliphatic rings. The predicted octanol–water partition coefficient (Wildman–Crippen LogP) is 4.01. The number of pyridine rings is 1. The molecule has 3 nitrogen and oxygen atoms in total. The number of nitrogens with zero attached hydrogens (tertiary/aromatic N) is 2. The number of nitrogens with one attached hydrogen (secondary N) is 1. The summed E-state index contributed by atoms with van der Waals surface area (Å²) < 4.78 is 2.77. The first-order chi connectivity index (χ1) is 9.16. The summed E-state index contributed by atoms with van der Waals surface area (Å²) in [6, 6.07) is 12.6. The molecule has 0 fully saturated rings. The van der Waals surface area contributed by atoms with Crippen LogP contribution in [0.25, 0.3) is 11.2 Å². The van der Waals surface area contributed by atoms with Crippen LogP contribution in [-0.4, -0.2) is 14.5 Å². The van der Waals surface area contributed by atoms with Crippen molar-refractivity contribution < 1.29 is 0 Å². The molecular formula is C15H15N3S. The fourth-order valence-corrected chi connectivity index (χ4v) is 2.67. The third kappa shape index (κ3) is 2.08. The first-order valence-electron chi connectivity index (χ1n) is 6.28. The van der Waals surface area contributed by atoms with Gasteiger partial charge in [0, 0.05) is 6.20 Å². The Bertz CT molecular complexity index is 768. The molecule has 0 amide bonds. The van der Waals surface area contributed by atoms with E-state index < -0.39 is 0 Å². The van der Waals surface area contributed by atoms with E-state index in [-0.39, 0.29) is 6.04 Å². The van der Waals surface area contributed by atoms with Crippen LogP contribution in [0.2, 0.25) is 0 Å². The highest BCUT2D eigenvalue weighted by Crippen LogP contribution is 2.23. The normalized spacial score (nSPS) is 12.7. The van der Waals surface area contributed by atoms with E-state index in [2.05, 4.69) is 52.6 Å². The van der Waals surface area contributed by atoms with E-state index in [1.807, 2.05) is 12.1 Å². The maximum absolute atomic E-state index is 5.42. The number of hydrogen-bond acceptors (Lipinski definition) is 2. The summed E-state index contributed by atoms with van der Waals surface area (Å²) in [6.45, 7) is 4.23. The molecule has 1 atom stereocenters. The first-order valence-corrected chi connectivity index (χ1v) is 6.69. The fraction of sp³-hybridized carbons (Fsp3) is 0.200. The van der Waals surface area contributed by atoms with Crippen LogP contribution in [0.4, 0.5) is 0 Å². The van der Waals surface area contributed by atoms with Gasteiger partial charge in [-0.2, -0.15) is 0 Å². The molecule has 1 N–H and O–H groups in total. The van der Waals surface area contributed by atoms with Crippen LogP contribution in [0.15, 0.2) is 42.6 Å². The van der Waals surface area contributed by atoms with E-state index in [0.717, 1.165) is 11.2 Å². The minimum Gasteiger partial charge on any atom is -0.329 e. The summed E-state index contributed by atoms with van der Waals surface area (Å²) in [5, 5.41) is 0. The molecule has 0 aliphatic heterocycles. The van der Waals surface area contributed by atoms with Gasteiger partial charge in [-0.25, -0.2) is 4.98 Å². The molecule has 0 saturated carbocycles. The maximum atomic E-state index is 5.42. The van der Waals surface area contributed by atoms with E-state index in [1.54, 1.807) is 6.20 Å². The Morgan fingerprint density at radius 2 is 1.95 bits per heavy atom. The number of benzene rings is 1. The highest BCUT2D eigenvalue weighted by atomic mass is 32.1. The van der Waals surface area contributed by atoms with Crippen molar-refractivity contribution in [1.82, 2.24) is 14.5 Å². The van der Waals surface area contributed by atoms with Crippen molar-refractivity contribution in [2.45, 2.75) is 19.9 Å². The standard InChI is InChI=1S/C15H15N3S/c1-10-5-7-12(8-6-10)11(2)18-14-13(17-15(18)19)4-3-9-16-14/h3-9,11H,1-2H3,(H,17,19). The third-order valence-corrected chi connectivity index (χ3v) is 3.72. The van der Waals surface area contributed by atoms with Crippen molar-refractivity contribution in [3.05, 3.63) is 58.5 Å². The van der Waals surface area contributed by atoms with Crippen LogP contribution in [-0.2, 0) is 0 Å². The Labute approximate surface area is 116 Å². The summed E-state index contributed by atoms with van der Waals surface area (Å²) in [6.07, 6.45) is 1.79. The van der Waals surface area contributed by atoms with Crippen LogP contribution in [0, 0.1) is 11.7 Å². The molecule has 0 saturated heterocycles. The number of H-pyrrole nitrogens is 1. The molecular weight excluding hydrogens is 254 g/mol. The zero-order valence-corrected chi connectivity index (χ0v) is 11.7. The Kier molecular flexibility index (Phi) is 2.95. The summed E-state index contributed by atoms with van der Waals surface area (Å²) in [5.74, 6) is 0. The number of fused-ring (bicyclic) bond motifs is 1. The summed E-state index contributed by atoms with van der Waals surface area (Å²) in [4.78, 5) is 7.64. The Morgan fingerprint density at radius 1 is 1.21 bits per heavy atom. The van der Waals surface area contributed by atoms with Crippen LogP contribution < -0.4 is 0 Å². The van der Waals surface area contributed by atoms with Crippen molar-refractivity contribution in [2.24, 2.45) is 0 Å². The van der Waals surface area contributed by atoms with Gasteiger partial charge in [0.25, 0.3) is 0 Å². The zero-order chi connectivity index (χ0) is 13.4. The highest BCUT2D eigenvalue weighted by Gasteiger charge is 2.13. The van der Waals surface area contributed by atoms with E-state index >= 15 is 0 Å². The molecule has 2 aromatic heterocycles. The lowest BCUT2D eigenvalue weighted by Gasteiger charge is -2.14. The van der Waals surface area contributed by atoms with Crippen molar-refractivity contribution in [3.8, 4) is 0 Å². The molecule has 3 aromatic rings. The zero-order valence-electron chi connectivity index (χ0n) is 10.9. The van der Waals surface area contributed by atoms with Gasteiger partial charge in [-0.1, -0.05) is 29.8 Å². The van der Waals surface area contributed by atoms with E-state index in [9.17, 15) is 0 Å². The van der Waals surface area contributed by atoms with Gasteiger partial charge in [0.05, 0.1) is 11.6 Å². The number of aromatic amines is 1. The lowest BCUT2D eigenvalue weighted by molar-refractivity contribution is 0.644. The predicted molar refractivity (Wildman–Crippen MR) is 79.9 cm³/mol. The minimum absolute atomic E-state index is 0.164. The molecule has 19 heavy (non-hydrogen) atoms. The van der Waals surface area contributed by atoms with E-state index in [4.69, 9.17) is 12.2 Å². The maximum Gasteiger partial charge on any atom is 0.179 e. The van der Waals surface area contributed by atoms with E-state index in [1.165, 1.54) is 11.1 Å². The molecule has 2 heterocycles. The number of aromatic nitrogens is 3. The molecule has 0 aliphatic carbocycles. The monoisotopic (exact) mass is 269 g/mol. The quantitative estimate of drug-likeness (QED) is 0.713. The molecule has 0 radical (unpaired) electrons. The van der Waals surface area contributed by atoms with Crippen molar-refractivity contribution >= 4 is 23.4 Å². The molecule has 0 bridgehead atoms. The lowest BCUT2D eigenvalue weighted by Crippen LogP contribution is -2.07. The van der Waals surface area contributed by atoms with Gasteiger partial charge < -0.3 is 4.98 Å². The first kappa shape index (κ1) is 12.1. The molecule has 1 aromatic carbocycles. The Morgan fingerprint density at radius 3 is 2.68 bits per heavy atom. The van der Waals surface area contributed by atoms with Crippen LogP contribution in [0.5, 0.6) is 0 Å². The molecule has 96 valence electrons. The molecule has 3 rings (SSSR count). The Balaban J connectivity index is 2.16. The number of rotatable bonds is 2. The van der Waals surface area contributed by atoms with Gasteiger partial charge >= 0.3 is 0 Å². The fourth-order valence-electron chi connectivity index (χ4n) is 2.31. The van der Waals surface area contributed by atoms with Crippen LogP contribution in [0.3, 0.4) is 0 Å². The average molecular weight is 269 g/mol. The topological polar surface area (TPSA) is 33.6 Å². The molecule has 1 unspecified atom stereocenters. The SMILES string of the molecule is Cc1ccc(C(C)n2c(=S)[nH]c3cccnc32)cc1. The van der Waals surface area contributed by atoms with Crippen LogP contribution >= 0.6 is 12.2 Å². The van der Waals surface area contributed by atoms with Gasteiger partial charge in [-0.05, 0) is 43.8 Å². The second-order valence-electron chi connectivity index (χ2n) is 4.76. The van der Waals surface area contributed by atoms with E-state index in [0.29, 0.717) is 4.77 Å². The smallest absolute Gasteiger partial charge is 0.179 e. The molecule has 0 spiro atoms. The van der Waals surface area contributed by atoms with Gasteiger partial charge in [0.2, 0.25) is 0 Å². The van der Waals surface area contributed by atoms with Crippen LogP contribution in [0.1, 0.15) is 24.1 Å². The van der Waals surface area contributed by atoms with Gasteiger partial charge in [-0.15, -0.1) is 0 Å². The number of aryl methyl sites for hydroxylation is 1. The second kappa shape index (κ2) is 4.63. The van der Waals surface area contributed by atoms with Gasteiger partial charge in [-0.3, -0.25) is 4.57 Å².